The number of ether oxygens (including phenoxy) is 1. The number of phenols is 5. The molecule has 9 heteroatoms. The van der Waals surface area contributed by atoms with Gasteiger partial charge in [-0.15, -0.1) is 11.8 Å². The summed E-state index contributed by atoms with van der Waals surface area (Å²) < 4.78 is 5.92. The lowest BCUT2D eigenvalue weighted by atomic mass is 9.85. The Morgan fingerprint density at radius 2 is 1.70 bits per heavy atom. The topological polar surface area (TPSA) is 143 Å². The normalized spacial score (nSPS) is 19.5. The first kappa shape index (κ1) is 26.5. The van der Waals surface area contributed by atoms with Crippen LogP contribution in [0.1, 0.15) is 54.4 Å². The molecule has 1 heterocycles. The number of para-hydroxylation sites is 1. The van der Waals surface area contributed by atoms with Gasteiger partial charge in [0.25, 0.3) is 0 Å². The van der Waals surface area contributed by atoms with Crippen LogP contribution in [-0.2, 0) is 5.41 Å². The van der Waals surface area contributed by atoms with Crippen molar-refractivity contribution in [1.82, 2.24) is 0 Å². The third-order valence-corrected chi connectivity index (χ3v) is 7.51. The van der Waals surface area contributed by atoms with Crippen LogP contribution in [0, 0.1) is 0 Å². The number of benzene rings is 3. The van der Waals surface area contributed by atoms with E-state index >= 15 is 0 Å². The molecule has 3 aromatic carbocycles. The number of thioether (sulfide) groups is 1. The molecule has 3 aromatic rings. The van der Waals surface area contributed by atoms with Crippen LogP contribution in [0.2, 0.25) is 0 Å². The molecule has 0 fully saturated rings. The molecule has 0 spiro atoms. The summed E-state index contributed by atoms with van der Waals surface area (Å²) in [5.74, 6) is -0.153. The van der Waals surface area contributed by atoms with Crippen molar-refractivity contribution in [3.8, 4) is 34.5 Å². The number of aliphatic hydroxyl groups is 1. The molecule has 0 amide bonds. The largest absolute Gasteiger partial charge is 0.508 e. The Hall–Kier alpha value is -3.56. The van der Waals surface area contributed by atoms with Gasteiger partial charge in [-0.3, -0.25) is 4.99 Å². The van der Waals surface area contributed by atoms with E-state index in [4.69, 9.17) is 4.74 Å². The summed E-state index contributed by atoms with van der Waals surface area (Å²) in [7, 11) is 0. The summed E-state index contributed by atoms with van der Waals surface area (Å²) in [5, 5.41) is 61.3. The Morgan fingerprint density at radius 3 is 2.41 bits per heavy atom. The number of hydrogen-bond acceptors (Lipinski definition) is 9. The van der Waals surface area contributed by atoms with Crippen molar-refractivity contribution < 1.29 is 35.4 Å². The van der Waals surface area contributed by atoms with Crippen LogP contribution in [0.25, 0.3) is 0 Å². The molecule has 0 unspecified atom stereocenters. The maximum absolute atomic E-state index is 11.2. The molecule has 1 aliphatic heterocycles. The van der Waals surface area contributed by atoms with Gasteiger partial charge in [0.15, 0.2) is 17.6 Å². The van der Waals surface area contributed by atoms with Crippen molar-refractivity contribution in [2.45, 2.75) is 43.6 Å². The van der Waals surface area contributed by atoms with Gasteiger partial charge in [0.05, 0.1) is 10.8 Å². The number of aromatic hydroxyl groups is 5. The Labute approximate surface area is 219 Å². The van der Waals surface area contributed by atoms with Crippen LogP contribution in [-0.4, -0.2) is 55.3 Å². The predicted molar refractivity (Wildman–Crippen MR) is 143 cm³/mol. The molecular weight excluding hydrogens is 494 g/mol. The average Bonchev–Trinajstić information content (AvgIpc) is 2.81. The maximum Gasteiger partial charge on any atom is 0.157 e. The van der Waals surface area contributed by atoms with Gasteiger partial charge in [0, 0.05) is 36.2 Å². The second-order valence-electron chi connectivity index (χ2n) is 9.97. The first-order valence-electron chi connectivity index (χ1n) is 11.8. The molecule has 0 aliphatic carbocycles. The molecule has 8 nitrogen and oxygen atoms in total. The van der Waals surface area contributed by atoms with Crippen molar-refractivity contribution in [2.24, 2.45) is 4.99 Å². The van der Waals surface area contributed by atoms with Crippen molar-refractivity contribution in [2.75, 3.05) is 12.3 Å². The number of aliphatic hydroxyl groups excluding tert-OH is 1. The lowest BCUT2D eigenvalue weighted by molar-refractivity contribution is 0.0174. The smallest absolute Gasteiger partial charge is 0.157 e. The van der Waals surface area contributed by atoms with E-state index in [0.29, 0.717) is 29.0 Å². The van der Waals surface area contributed by atoms with E-state index in [1.807, 2.05) is 32.9 Å². The molecule has 3 atom stereocenters. The van der Waals surface area contributed by atoms with Crippen molar-refractivity contribution in [3.05, 3.63) is 70.8 Å². The van der Waals surface area contributed by atoms with Gasteiger partial charge in [-0.05, 0) is 34.7 Å². The van der Waals surface area contributed by atoms with Gasteiger partial charge in [-0.1, -0.05) is 39.0 Å². The molecule has 0 radical (unpaired) electrons. The molecule has 0 bridgehead atoms. The molecule has 0 saturated carbocycles. The summed E-state index contributed by atoms with van der Waals surface area (Å²) in [6.45, 7) is 6.46. The van der Waals surface area contributed by atoms with E-state index in [1.54, 1.807) is 12.3 Å². The quantitative estimate of drug-likeness (QED) is 0.152. The van der Waals surface area contributed by atoms with Crippen LogP contribution >= 0.6 is 11.8 Å². The lowest BCUT2D eigenvalue weighted by Gasteiger charge is -2.37. The van der Waals surface area contributed by atoms with E-state index < -0.39 is 17.5 Å². The molecular formula is C28H31NO7S. The van der Waals surface area contributed by atoms with E-state index in [1.165, 1.54) is 42.1 Å². The van der Waals surface area contributed by atoms with E-state index in [-0.39, 0.29) is 39.9 Å². The minimum atomic E-state index is -1.12. The maximum atomic E-state index is 11.2. The number of phenolic OH excluding ortho intramolecular Hbond substituents is 5. The van der Waals surface area contributed by atoms with Crippen molar-refractivity contribution in [1.29, 1.82) is 0 Å². The van der Waals surface area contributed by atoms with Gasteiger partial charge in [0.2, 0.25) is 0 Å². The predicted octanol–water partition coefficient (Wildman–Crippen LogP) is 4.90. The van der Waals surface area contributed by atoms with Crippen LogP contribution < -0.4 is 4.74 Å². The van der Waals surface area contributed by atoms with Crippen LogP contribution in [0.15, 0.2) is 53.5 Å². The highest BCUT2D eigenvalue weighted by Gasteiger charge is 2.40. The highest BCUT2D eigenvalue weighted by atomic mass is 32.2. The first-order valence-corrected chi connectivity index (χ1v) is 12.9. The fourth-order valence-electron chi connectivity index (χ4n) is 4.35. The number of nitrogens with zero attached hydrogens (tertiary/aromatic N) is 1. The highest BCUT2D eigenvalue weighted by Crippen LogP contribution is 2.52. The first-order chi connectivity index (χ1) is 17.5. The van der Waals surface area contributed by atoms with Gasteiger partial charge in [-0.2, -0.15) is 0 Å². The summed E-state index contributed by atoms with van der Waals surface area (Å²) in [5.41, 5.74) is 2.02. The van der Waals surface area contributed by atoms with Gasteiger partial charge in [0.1, 0.15) is 29.1 Å². The fraction of sp³-hybridized carbons (Fsp3) is 0.321. The SMILES string of the molecule is CC(C)(C)c1cccc(/C=N/CCS[C@H]2c3c(O)cc(O)cc3O[C@H](c3ccc(O)c(O)c3)[C@@H]2O)c1O. The molecule has 6 N–H and O–H groups in total. The highest BCUT2D eigenvalue weighted by molar-refractivity contribution is 7.99. The third kappa shape index (κ3) is 5.57. The number of aliphatic imine (C=N–C) groups is 1. The summed E-state index contributed by atoms with van der Waals surface area (Å²) >= 11 is 1.36. The third-order valence-electron chi connectivity index (χ3n) is 6.22. The van der Waals surface area contributed by atoms with Gasteiger partial charge >= 0.3 is 0 Å². The lowest BCUT2D eigenvalue weighted by Crippen LogP contribution is -2.33. The molecule has 0 aromatic heterocycles. The van der Waals surface area contributed by atoms with E-state index in [0.717, 1.165) is 5.56 Å². The minimum Gasteiger partial charge on any atom is -0.508 e. The zero-order chi connectivity index (χ0) is 26.9. The summed E-state index contributed by atoms with van der Waals surface area (Å²) in [6.07, 6.45) is -0.413. The number of rotatable bonds is 6. The van der Waals surface area contributed by atoms with Crippen LogP contribution in [0.5, 0.6) is 34.5 Å². The van der Waals surface area contributed by atoms with Gasteiger partial charge in [-0.25, -0.2) is 0 Å². The van der Waals surface area contributed by atoms with Crippen molar-refractivity contribution >= 4 is 18.0 Å². The molecule has 0 saturated heterocycles. The monoisotopic (exact) mass is 525 g/mol. The van der Waals surface area contributed by atoms with Crippen molar-refractivity contribution in [3.63, 3.8) is 0 Å². The number of hydrogen-bond donors (Lipinski definition) is 6. The standard InChI is InChI=1S/C28H31NO7S/c1-28(2,3)18-6-4-5-16(24(18)34)14-29-9-10-37-27-23-21(33)12-17(30)13-22(23)36-26(25(27)35)15-7-8-19(31)20(32)11-15/h4-8,11-14,25-27,30-35H,9-10H2,1-3H3/b29-14+/t25-,26+,27-/m0/s1. The molecule has 196 valence electrons. The second kappa shape index (κ2) is 10.4. The Bertz CT molecular complexity index is 1320. The van der Waals surface area contributed by atoms with Crippen LogP contribution in [0.3, 0.4) is 0 Å². The Balaban J connectivity index is 1.53. The zero-order valence-corrected chi connectivity index (χ0v) is 21.6. The summed E-state index contributed by atoms with van der Waals surface area (Å²) in [6, 6.07) is 12.3. The molecule has 4 rings (SSSR count). The average molecular weight is 526 g/mol. The van der Waals surface area contributed by atoms with E-state index in [9.17, 15) is 30.6 Å². The zero-order valence-electron chi connectivity index (χ0n) is 20.8. The number of fused-ring (bicyclic) bond motifs is 1. The summed E-state index contributed by atoms with van der Waals surface area (Å²) in [4.78, 5) is 4.44. The Kier molecular flexibility index (Phi) is 7.47. The second-order valence-corrected chi connectivity index (χ2v) is 11.2. The van der Waals surface area contributed by atoms with Gasteiger partial charge < -0.3 is 35.4 Å². The Morgan fingerprint density at radius 1 is 0.946 bits per heavy atom. The van der Waals surface area contributed by atoms with E-state index in [2.05, 4.69) is 4.99 Å². The van der Waals surface area contributed by atoms with Crippen LogP contribution in [0.4, 0.5) is 0 Å². The fourth-order valence-corrected chi connectivity index (χ4v) is 5.56. The molecule has 1 aliphatic rings. The minimum absolute atomic E-state index is 0.189. The molecule has 37 heavy (non-hydrogen) atoms.